The monoisotopic (exact) mass is 210 g/mol. The maximum Gasteiger partial charge on any atom is 0.00264 e. The molecule has 7 heavy (non-hydrogen) atoms. The van der Waals surface area contributed by atoms with Crippen LogP contribution in [0, 0.1) is 11.8 Å². The lowest BCUT2D eigenvalue weighted by Crippen LogP contribution is -1.78. The molecule has 0 nitrogen and oxygen atoms in total. The number of alkyl halides is 1. The van der Waals surface area contributed by atoms with Crippen LogP contribution >= 0.6 is 22.6 Å². The smallest absolute Gasteiger partial charge is 0.00264 e. The van der Waals surface area contributed by atoms with E-state index in [4.69, 9.17) is 0 Å². The van der Waals surface area contributed by atoms with Gasteiger partial charge in [-0.25, -0.2) is 0 Å². The normalized spacial score (nSPS) is 38.6. The van der Waals surface area contributed by atoms with Crippen molar-refractivity contribution < 1.29 is 0 Å². The third-order valence-electron chi connectivity index (χ3n) is 1.79. The minimum Gasteiger partial charge on any atom is -0.0861 e. The lowest BCUT2D eigenvalue weighted by Gasteiger charge is -1.84. The van der Waals surface area contributed by atoms with Gasteiger partial charge in [0.25, 0.3) is 0 Å². The minimum absolute atomic E-state index is 1.10. The highest BCUT2D eigenvalue weighted by atomic mass is 127. The van der Waals surface area contributed by atoms with E-state index in [0.717, 1.165) is 11.8 Å². The fourth-order valence-electron chi connectivity index (χ4n) is 0.999. The zero-order valence-corrected chi connectivity index (χ0v) is 6.81. The standard InChI is InChI=1S/C6H11I/c1-2-5-3-6(5)4-7/h5-6H,2-4H2,1H3/t5?,6-/m1/s1. The van der Waals surface area contributed by atoms with Crippen molar-refractivity contribution in [2.24, 2.45) is 11.8 Å². The lowest BCUT2D eigenvalue weighted by molar-refractivity contribution is 0.734. The fourth-order valence-corrected chi connectivity index (χ4v) is 2.08. The van der Waals surface area contributed by atoms with Crippen LogP contribution in [-0.2, 0) is 0 Å². The molecule has 0 heterocycles. The Morgan fingerprint density at radius 3 is 2.43 bits per heavy atom. The fraction of sp³-hybridized carbons (Fsp3) is 1.00. The SMILES string of the molecule is CCC1C[C@@H]1CI. The zero-order chi connectivity index (χ0) is 5.28. The first-order chi connectivity index (χ1) is 3.38. The summed E-state index contributed by atoms with van der Waals surface area (Å²) in [5, 5.41) is 0. The number of halogens is 1. The molecule has 2 atom stereocenters. The molecule has 0 amide bonds. The topological polar surface area (TPSA) is 0 Å². The first-order valence-corrected chi connectivity index (χ1v) is 4.47. The van der Waals surface area contributed by atoms with E-state index in [0.29, 0.717) is 0 Å². The maximum atomic E-state index is 2.48. The van der Waals surface area contributed by atoms with E-state index in [1.165, 1.54) is 17.3 Å². The summed E-state index contributed by atoms with van der Waals surface area (Å²) in [4.78, 5) is 0. The predicted molar refractivity (Wildman–Crippen MR) is 40.8 cm³/mol. The molecule has 0 N–H and O–H groups in total. The molecule has 0 aliphatic heterocycles. The molecule has 1 rings (SSSR count). The summed E-state index contributed by atoms with van der Waals surface area (Å²) in [6.45, 7) is 2.29. The van der Waals surface area contributed by atoms with Crippen molar-refractivity contribution in [1.29, 1.82) is 0 Å². The van der Waals surface area contributed by atoms with Crippen LogP contribution in [0.1, 0.15) is 19.8 Å². The highest BCUT2D eigenvalue weighted by Crippen LogP contribution is 2.41. The molecular formula is C6H11I. The van der Waals surface area contributed by atoms with Crippen LogP contribution < -0.4 is 0 Å². The summed E-state index contributed by atoms with van der Waals surface area (Å²) in [6.07, 6.45) is 2.92. The molecule has 1 aliphatic rings. The van der Waals surface area contributed by atoms with Crippen LogP contribution in [-0.4, -0.2) is 4.43 Å². The summed E-state index contributed by atoms with van der Waals surface area (Å²) < 4.78 is 1.39. The summed E-state index contributed by atoms with van der Waals surface area (Å²) in [5.74, 6) is 2.21. The zero-order valence-electron chi connectivity index (χ0n) is 4.65. The Kier molecular flexibility index (Phi) is 1.95. The van der Waals surface area contributed by atoms with Gasteiger partial charge in [0, 0.05) is 4.43 Å². The number of rotatable bonds is 2. The first-order valence-electron chi connectivity index (χ1n) is 2.94. The Morgan fingerprint density at radius 2 is 2.29 bits per heavy atom. The van der Waals surface area contributed by atoms with Crippen molar-refractivity contribution in [2.75, 3.05) is 4.43 Å². The van der Waals surface area contributed by atoms with E-state index in [1.54, 1.807) is 0 Å². The molecule has 0 spiro atoms. The van der Waals surface area contributed by atoms with Gasteiger partial charge in [-0.15, -0.1) is 0 Å². The van der Waals surface area contributed by atoms with E-state index in [1.807, 2.05) is 0 Å². The van der Waals surface area contributed by atoms with Gasteiger partial charge in [0.1, 0.15) is 0 Å². The molecule has 1 heteroatoms. The van der Waals surface area contributed by atoms with Gasteiger partial charge in [0.15, 0.2) is 0 Å². The van der Waals surface area contributed by atoms with Gasteiger partial charge >= 0.3 is 0 Å². The average molecular weight is 210 g/mol. The molecule has 0 aromatic carbocycles. The third kappa shape index (κ3) is 1.31. The molecule has 1 saturated carbocycles. The maximum absolute atomic E-state index is 2.48. The van der Waals surface area contributed by atoms with Crippen molar-refractivity contribution in [3.8, 4) is 0 Å². The van der Waals surface area contributed by atoms with Gasteiger partial charge in [0.05, 0.1) is 0 Å². The molecule has 0 aromatic rings. The summed E-state index contributed by atoms with van der Waals surface area (Å²) in [5.41, 5.74) is 0. The molecule has 0 aromatic heterocycles. The van der Waals surface area contributed by atoms with Gasteiger partial charge in [-0.05, 0) is 18.3 Å². The van der Waals surface area contributed by atoms with E-state index in [2.05, 4.69) is 29.5 Å². The molecule has 0 bridgehead atoms. The van der Waals surface area contributed by atoms with Crippen molar-refractivity contribution in [1.82, 2.24) is 0 Å². The Labute approximate surface area is 58.8 Å². The highest BCUT2D eigenvalue weighted by molar-refractivity contribution is 14.1. The van der Waals surface area contributed by atoms with Gasteiger partial charge in [0.2, 0.25) is 0 Å². The van der Waals surface area contributed by atoms with E-state index in [9.17, 15) is 0 Å². The summed E-state index contributed by atoms with van der Waals surface area (Å²) in [6, 6.07) is 0. The molecular weight excluding hydrogens is 199 g/mol. The molecule has 1 fully saturated rings. The Balaban J connectivity index is 2.06. The Bertz CT molecular complexity index is 53.2. The minimum atomic E-state index is 1.10. The molecule has 0 radical (unpaired) electrons. The second kappa shape index (κ2) is 2.33. The average Bonchev–Trinajstić information content (AvgIpc) is 2.43. The van der Waals surface area contributed by atoms with Crippen LogP contribution in [0.3, 0.4) is 0 Å². The van der Waals surface area contributed by atoms with Gasteiger partial charge < -0.3 is 0 Å². The largest absolute Gasteiger partial charge is 0.0861 e. The van der Waals surface area contributed by atoms with Crippen LogP contribution in [0.5, 0.6) is 0 Å². The number of hydrogen-bond acceptors (Lipinski definition) is 0. The van der Waals surface area contributed by atoms with Crippen LogP contribution in [0.25, 0.3) is 0 Å². The Hall–Kier alpha value is 0.730. The Morgan fingerprint density at radius 1 is 1.57 bits per heavy atom. The number of hydrogen-bond donors (Lipinski definition) is 0. The summed E-state index contributed by atoms with van der Waals surface area (Å²) >= 11 is 2.48. The first kappa shape index (κ1) is 5.86. The summed E-state index contributed by atoms with van der Waals surface area (Å²) in [7, 11) is 0. The second-order valence-corrected chi connectivity index (χ2v) is 3.20. The van der Waals surface area contributed by atoms with Gasteiger partial charge in [-0.1, -0.05) is 35.9 Å². The molecule has 0 saturated heterocycles. The van der Waals surface area contributed by atoms with Gasteiger partial charge in [-0.2, -0.15) is 0 Å². The van der Waals surface area contributed by atoms with E-state index < -0.39 is 0 Å². The van der Waals surface area contributed by atoms with Crippen molar-refractivity contribution in [3.05, 3.63) is 0 Å². The van der Waals surface area contributed by atoms with Crippen molar-refractivity contribution in [2.45, 2.75) is 19.8 Å². The lowest BCUT2D eigenvalue weighted by atomic mass is 10.3. The van der Waals surface area contributed by atoms with Crippen LogP contribution in [0.4, 0.5) is 0 Å². The van der Waals surface area contributed by atoms with Crippen LogP contribution in [0.15, 0.2) is 0 Å². The van der Waals surface area contributed by atoms with Crippen molar-refractivity contribution in [3.63, 3.8) is 0 Å². The van der Waals surface area contributed by atoms with Crippen LogP contribution in [0.2, 0.25) is 0 Å². The highest BCUT2D eigenvalue weighted by Gasteiger charge is 2.33. The predicted octanol–water partition coefficient (Wildman–Crippen LogP) is 2.47. The molecule has 1 unspecified atom stereocenters. The second-order valence-electron chi connectivity index (χ2n) is 2.32. The van der Waals surface area contributed by atoms with E-state index >= 15 is 0 Å². The molecule has 1 aliphatic carbocycles. The molecule has 42 valence electrons. The van der Waals surface area contributed by atoms with Gasteiger partial charge in [-0.3, -0.25) is 0 Å². The van der Waals surface area contributed by atoms with E-state index in [-0.39, 0.29) is 0 Å². The third-order valence-corrected chi connectivity index (χ3v) is 2.92. The van der Waals surface area contributed by atoms with Crippen molar-refractivity contribution >= 4 is 22.6 Å². The quantitative estimate of drug-likeness (QED) is 0.485.